The quantitative estimate of drug-likeness (QED) is 0.468. The van der Waals surface area contributed by atoms with Crippen molar-refractivity contribution in [3.05, 3.63) is 54.1 Å². The number of nitrogens with one attached hydrogen (secondary N) is 2. The number of carbonyl (C=O) groups is 2. The summed E-state index contributed by atoms with van der Waals surface area (Å²) in [6, 6.07) is 14.8. The standard InChI is InChI=1S/C24H31N3O4/c1-3-4-13-25-22-8-6-5-7-21(22)24(29)31-18(2)23(28)26-19-9-11-20(12-10-19)27-14-16-30-17-15-27/h5-12,18,25H,3-4,13-17H2,1-2H3,(H,26,28)/t18-/m0/s1. The molecule has 0 saturated carbocycles. The zero-order valence-electron chi connectivity index (χ0n) is 18.2. The van der Waals surface area contributed by atoms with Crippen LogP contribution in [-0.4, -0.2) is 50.8 Å². The van der Waals surface area contributed by atoms with Gasteiger partial charge >= 0.3 is 5.97 Å². The highest BCUT2D eigenvalue weighted by molar-refractivity contribution is 5.99. The topological polar surface area (TPSA) is 79.9 Å². The van der Waals surface area contributed by atoms with Crippen LogP contribution in [0.15, 0.2) is 48.5 Å². The first-order valence-electron chi connectivity index (χ1n) is 10.9. The van der Waals surface area contributed by atoms with E-state index in [0.29, 0.717) is 16.9 Å². The van der Waals surface area contributed by atoms with Crippen LogP contribution >= 0.6 is 0 Å². The van der Waals surface area contributed by atoms with E-state index < -0.39 is 12.1 Å². The Morgan fingerprint density at radius 3 is 2.52 bits per heavy atom. The van der Waals surface area contributed by atoms with Crippen LogP contribution in [0.1, 0.15) is 37.0 Å². The first kappa shape index (κ1) is 22.6. The number of unbranched alkanes of at least 4 members (excludes halogenated alkanes) is 1. The van der Waals surface area contributed by atoms with Crippen LogP contribution < -0.4 is 15.5 Å². The highest BCUT2D eigenvalue weighted by atomic mass is 16.5. The molecule has 2 aromatic rings. The monoisotopic (exact) mass is 425 g/mol. The Hall–Kier alpha value is -3.06. The molecule has 2 aromatic carbocycles. The Morgan fingerprint density at radius 1 is 1.10 bits per heavy atom. The second-order valence-electron chi connectivity index (χ2n) is 7.51. The van der Waals surface area contributed by atoms with Crippen molar-refractivity contribution in [2.45, 2.75) is 32.8 Å². The third kappa shape index (κ3) is 6.46. The zero-order valence-corrected chi connectivity index (χ0v) is 18.2. The minimum Gasteiger partial charge on any atom is -0.449 e. The van der Waals surface area contributed by atoms with Crippen molar-refractivity contribution in [2.24, 2.45) is 0 Å². The summed E-state index contributed by atoms with van der Waals surface area (Å²) in [5.74, 6) is -0.895. The molecule has 0 spiro atoms. The SMILES string of the molecule is CCCCNc1ccccc1C(=O)O[C@@H](C)C(=O)Nc1ccc(N2CCOCC2)cc1. The number of nitrogens with zero attached hydrogens (tertiary/aromatic N) is 1. The number of morpholine rings is 1. The van der Waals surface area contributed by atoms with Gasteiger partial charge in [0.2, 0.25) is 0 Å². The van der Waals surface area contributed by atoms with Gasteiger partial charge in [0.1, 0.15) is 0 Å². The summed E-state index contributed by atoms with van der Waals surface area (Å²) < 4.78 is 10.8. The van der Waals surface area contributed by atoms with Crippen molar-refractivity contribution in [3.8, 4) is 0 Å². The third-order valence-corrected chi connectivity index (χ3v) is 5.16. The summed E-state index contributed by atoms with van der Waals surface area (Å²) in [6.45, 7) is 7.61. The molecule has 31 heavy (non-hydrogen) atoms. The lowest BCUT2D eigenvalue weighted by molar-refractivity contribution is -0.123. The Kier molecular flexibility index (Phi) is 8.29. The fourth-order valence-electron chi connectivity index (χ4n) is 3.31. The van der Waals surface area contributed by atoms with Gasteiger partial charge in [-0.15, -0.1) is 0 Å². The molecule has 1 fully saturated rings. The van der Waals surface area contributed by atoms with Gasteiger partial charge in [0.25, 0.3) is 5.91 Å². The highest BCUT2D eigenvalue weighted by Gasteiger charge is 2.21. The molecule has 166 valence electrons. The van der Waals surface area contributed by atoms with E-state index in [9.17, 15) is 9.59 Å². The van der Waals surface area contributed by atoms with Crippen molar-refractivity contribution >= 4 is 28.9 Å². The van der Waals surface area contributed by atoms with Crippen LogP contribution in [0.3, 0.4) is 0 Å². The molecule has 7 heteroatoms. The molecule has 0 radical (unpaired) electrons. The number of esters is 1. The van der Waals surface area contributed by atoms with E-state index >= 15 is 0 Å². The fraction of sp³-hybridized carbons (Fsp3) is 0.417. The molecule has 1 aliphatic rings. The predicted molar refractivity (Wildman–Crippen MR) is 123 cm³/mol. The van der Waals surface area contributed by atoms with Gasteiger partial charge < -0.3 is 25.0 Å². The summed E-state index contributed by atoms with van der Waals surface area (Å²) in [7, 11) is 0. The highest BCUT2D eigenvalue weighted by Crippen LogP contribution is 2.20. The molecule has 0 aromatic heterocycles. The molecule has 1 atom stereocenters. The lowest BCUT2D eigenvalue weighted by Crippen LogP contribution is -2.36. The van der Waals surface area contributed by atoms with Crippen LogP contribution in [0.25, 0.3) is 0 Å². The molecule has 0 bridgehead atoms. The van der Waals surface area contributed by atoms with Crippen LogP contribution in [0, 0.1) is 0 Å². The average Bonchev–Trinajstić information content (AvgIpc) is 2.80. The average molecular weight is 426 g/mol. The number of anilines is 3. The largest absolute Gasteiger partial charge is 0.449 e. The summed E-state index contributed by atoms with van der Waals surface area (Å²) in [6.07, 6.45) is 1.15. The van der Waals surface area contributed by atoms with E-state index in [2.05, 4.69) is 22.5 Å². The number of benzene rings is 2. The molecule has 1 aliphatic heterocycles. The fourth-order valence-corrected chi connectivity index (χ4v) is 3.31. The molecule has 0 unspecified atom stereocenters. The number of amides is 1. The molecular weight excluding hydrogens is 394 g/mol. The van der Waals surface area contributed by atoms with E-state index in [1.165, 1.54) is 0 Å². The van der Waals surface area contributed by atoms with E-state index in [1.54, 1.807) is 19.1 Å². The summed E-state index contributed by atoms with van der Waals surface area (Å²) in [5, 5.41) is 6.07. The number of hydrogen-bond acceptors (Lipinski definition) is 6. The van der Waals surface area contributed by atoms with Gasteiger partial charge in [-0.2, -0.15) is 0 Å². The summed E-state index contributed by atoms with van der Waals surface area (Å²) in [4.78, 5) is 27.4. The maximum Gasteiger partial charge on any atom is 0.341 e. The van der Waals surface area contributed by atoms with Gasteiger partial charge in [0, 0.05) is 36.7 Å². The minimum absolute atomic E-state index is 0.371. The second kappa shape index (κ2) is 11.4. The van der Waals surface area contributed by atoms with Gasteiger partial charge in [0.05, 0.1) is 18.8 Å². The number of ether oxygens (including phenoxy) is 2. The van der Waals surface area contributed by atoms with E-state index in [-0.39, 0.29) is 5.91 Å². The lowest BCUT2D eigenvalue weighted by Gasteiger charge is -2.28. The van der Waals surface area contributed by atoms with E-state index in [1.807, 2.05) is 36.4 Å². The van der Waals surface area contributed by atoms with Crippen LogP contribution in [0.5, 0.6) is 0 Å². The molecule has 3 rings (SSSR count). The van der Waals surface area contributed by atoms with Gasteiger partial charge in [-0.1, -0.05) is 25.5 Å². The summed E-state index contributed by atoms with van der Waals surface area (Å²) in [5.41, 5.74) is 2.89. The Balaban J connectivity index is 1.55. The molecule has 1 amide bonds. The van der Waals surface area contributed by atoms with Crippen molar-refractivity contribution in [1.29, 1.82) is 0 Å². The van der Waals surface area contributed by atoms with Gasteiger partial charge in [0.15, 0.2) is 6.10 Å². The normalized spacial score (nSPS) is 14.6. The Bertz CT molecular complexity index is 863. The number of para-hydroxylation sites is 1. The Labute approximate surface area is 183 Å². The van der Waals surface area contributed by atoms with E-state index in [4.69, 9.17) is 9.47 Å². The van der Waals surface area contributed by atoms with Crippen molar-refractivity contribution in [1.82, 2.24) is 0 Å². The minimum atomic E-state index is -0.921. The second-order valence-corrected chi connectivity index (χ2v) is 7.51. The van der Waals surface area contributed by atoms with Crippen molar-refractivity contribution in [2.75, 3.05) is 48.4 Å². The van der Waals surface area contributed by atoms with Crippen LogP contribution in [0.4, 0.5) is 17.1 Å². The smallest absolute Gasteiger partial charge is 0.341 e. The van der Waals surface area contributed by atoms with Crippen molar-refractivity contribution < 1.29 is 19.1 Å². The molecule has 1 saturated heterocycles. The Morgan fingerprint density at radius 2 is 1.81 bits per heavy atom. The lowest BCUT2D eigenvalue weighted by atomic mass is 10.1. The maximum atomic E-state index is 12.6. The number of rotatable bonds is 9. The summed E-state index contributed by atoms with van der Waals surface area (Å²) >= 11 is 0. The zero-order chi connectivity index (χ0) is 22.1. The molecule has 7 nitrogen and oxygen atoms in total. The number of carbonyl (C=O) groups excluding carboxylic acids is 2. The van der Waals surface area contributed by atoms with Gasteiger partial charge in [-0.05, 0) is 49.7 Å². The van der Waals surface area contributed by atoms with Gasteiger partial charge in [-0.3, -0.25) is 4.79 Å². The first-order valence-corrected chi connectivity index (χ1v) is 10.9. The predicted octanol–water partition coefficient (Wildman–Crippen LogP) is 3.92. The maximum absolute atomic E-state index is 12.6. The van der Waals surface area contributed by atoms with Crippen LogP contribution in [-0.2, 0) is 14.3 Å². The molecule has 2 N–H and O–H groups in total. The van der Waals surface area contributed by atoms with Crippen LogP contribution in [0.2, 0.25) is 0 Å². The molecular formula is C24H31N3O4. The first-order chi connectivity index (χ1) is 15.1. The van der Waals surface area contributed by atoms with E-state index in [0.717, 1.165) is 51.4 Å². The third-order valence-electron chi connectivity index (χ3n) is 5.16. The van der Waals surface area contributed by atoms with Gasteiger partial charge in [-0.25, -0.2) is 4.79 Å². The van der Waals surface area contributed by atoms with Crippen molar-refractivity contribution in [3.63, 3.8) is 0 Å². The molecule has 0 aliphatic carbocycles. The number of hydrogen-bond donors (Lipinski definition) is 2. The molecule has 1 heterocycles.